The summed E-state index contributed by atoms with van der Waals surface area (Å²) in [6.45, 7) is 8.27. The summed E-state index contributed by atoms with van der Waals surface area (Å²) in [6, 6.07) is 0. The largest absolute Gasteiger partial charge is 0.393 e. The van der Waals surface area contributed by atoms with Crippen LogP contribution in [0.5, 0.6) is 0 Å². The van der Waals surface area contributed by atoms with E-state index in [4.69, 9.17) is 0 Å². The van der Waals surface area contributed by atoms with Gasteiger partial charge in [0, 0.05) is 0 Å². The molecule has 0 unspecified atom stereocenters. The van der Waals surface area contributed by atoms with Gasteiger partial charge < -0.3 is 5.11 Å². The van der Waals surface area contributed by atoms with Gasteiger partial charge in [0.1, 0.15) is 0 Å². The Bertz CT molecular complexity index is 186. The van der Waals surface area contributed by atoms with Crippen molar-refractivity contribution in [1.29, 1.82) is 0 Å². The molecule has 1 N–H and O–H groups in total. The molecule has 1 heteroatoms. The number of rotatable bonds is 14. The molecule has 0 heterocycles. The van der Waals surface area contributed by atoms with Gasteiger partial charge in [0.2, 0.25) is 0 Å². The SMILES string of the molecule is C=CC[C@H](O)CCCCCCCCCCCC(C)C. The number of unbranched alkanes of at least 4 members (excludes halogenated alkanes) is 8. The predicted molar refractivity (Wildman–Crippen MR) is 86.4 cm³/mol. The van der Waals surface area contributed by atoms with Crippen molar-refractivity contribution in [2.24, 2.45) is 5.92 Å². The summed E-state index contributed by atoms with van der Waals surface area (Å²) < 4.78 is 0. The van der Waals surface area contributed by atoms with E-state index in [1.807, 2.05) is 6.08 Å². The van der Waals surface area contributed by atoms with Crippen LogP contribution >= 0.6 is 0 Å². The summed E-state index contributed by atoms with van der Waals surface area (Å²) in [6.07, 6.45) is 17.0. The molecule has 0 rings (SSSR count). The van der Waals surface area contributed by atoms with E-state index >= 15 is 0 Å². The van der Waals surface area contributed by atoms with Crippen molar-refractivity contribution in [3.8, 4) is 0 Å². The number of aliphatic hydroxyl groups is 1. The second-order valence-corrected chi connectivity index (χ2v) is 6.33. The molecule has 0 aliphatic rings. The van der Waals surface area contributed by atoms with E-state index in [0.717, 1.165) is 18.8 Å². The Morgan fingerprint density at radius 2 is 1.21 bits per heavy atom. The van der Waals surface area contributed by atoms with Crippen LogP contribution in [-0.4, -0.2) is 11.2 Å². The van der Waals surface area contributed by atoms with E-state index in [1.54, 1.807) is 0 Å². The Hall–Kier alpha value is -0.300. The third-order valence-electron chi connectivity index (χ3n) is 3.76. The van der Waals surface area contributed by atoms with Crippen LogP contribution in [0, 0.1) is 5.92 Å². The second kappa shape index (κ2) is 14.1. The van der Waals surface area contributed by atoms with Gasteiger partial charge in [-0.15, -0.1) is 6.58 Å². The molecule has 0 spiro atoms. The Morgan fingerprint density at radius 1 is 0.789 bits per heavy atom. The lowest BCUT2D eigenvalue weighted by Crippen LogP contribution is -2.03. The average molecular weight is 268 g/mol. The van der Waals surface area contributed by atoms with Crippen molar-refractivity contribution in [2.75, 3.05) is 0 Å². The van der Waals surface area contributed by atoms with E-state index in [2.05, 4.69) is 20.4 Å². The van der Waals surface area contributed by atoms with E-state index < -0.39 is 0 Å². The van der Waals surface area contributed by atoms with Crippen molar-refractivity contribution in [1.82, 2.24) is 0 Å². The molecular weight excluding hydrogens is 232 g/mol. The van der Waals surface area contributed by atoms with Gasteiger partial charge >= 0.3 is 0 Å². The molecule has 0 saturated carbocycles. The topological polar surface area (TPSA) is 20.2 Å². The zero-order valence-corrected chi connectivity index (χ0v) is 13.4. The van der Waals surface area contributed by atoms with Crippen LogP contribution in [0.4, 0.5) is 0 Å². The Balaban J connectivity index is 3.04. The van der Waals surface area contributed by atoms with Crippen LogP contribution in [0.15, 0.2) is 12.7 Å². The highest BCUT2D eigenvalue weighted by Crippen LogP contribution is 2.14. The van der Waals surface area contributed by atoms with Gasteiger partial charge in [-0.3, -0.25) is 0 Å². The fourth-order valence-corrected chi connectivity index (χ4v) is 2.48. The maximum atomic E-state index is 9.54. The summed E-state index contributed by atoms with van der Waals surface area (Å²) in [5, 5.41) is 9.54. The van der Waals surface area contributed by atoms with Crippen LogP contribution in [0.1, 0.15) is 90.9 Å². The zero-order chi connectivity index (χ0) is 14.3. The van der Waals surface area contributed by atoms with Gasteiger partial charge in [-0.1, -0.05) is 84.1 Å². The second-order valence-electron chi connectivity index (χ2n) is 6.33. The highest BCUT2D eigenvalue weighted by molar-refractivity contribution is 4.71. The summed E-state index contributed by atoms with van der Waals surface area (Å²) in [4.78, 5) is 0. The molecular formula is C18H36O. The smallest absolute Gasteiger partial charge is 0.0574 e. The summed E-state index contributed by atoms with van der Waals surface area (Å²) in [5.74, 6) is 0.872. The molecule has 0 aromatic heterocycles. The number of hydrogen-bond acceptors (Lipinski definition) is 1. The first-order valence-corrected chi connectivity index (χ1v) is 8.45. The fraction of sp³-hybridized carbons (Fsp3) is 0.889. The molecule has 0 amide bonds. The Morgan fingerprint density at radius 3 is 1.63 bits per heavy atom. The average Bonchev–Trinajstić information content (AvgIpc) is 2.36. The third-order valence-corrected chi connectivity index (χ3v) is 3.76. The van der Waals surface area contributed by atoms with Crippen molar-refractivity contribution in [3.63, 3.8) is 0 Å². The van der Waals surface area contributed by atoms with E-state index in [-0.39, 0.29) is 6.10 Å². The number of hydrogen-bond donors (Lipinski definition) is 1. The van der Waals surface area contributed by atoms with Gasteiger partial charge in [-0.25, -0.2) is 0 Å². The Labute approximate surface area is 121 Å². The highest BCUT2D eigenvalue weighted by Gasteiger charge is 2.00. The summed E-state index contributed by atoms with van der Waals surface area (Å²) in [7, 11) is 0. The number of aliphatic hydroxyl groups excluding tert-OH is 1. The maximum Gasteiger partial charge on any atom is 0.0574 e. The van der Waals surface area contributed by atoms with Gasteiger partial charge in [0.05, 0.1) is 6.10 Å². The molecule has 1 nitrogen and oxygen atoms in total. The van der Waals surface area contributed by atoms with Crippen LogP contribution in [-0.2, 0) is 0 Å². The lowest BCUT2D eigenvalue weighted by molar-refractivity contribution is 0.164. The lowest BCUT2D eigenvalue weighted by Gasteiger charge is -2.07. The molecule has 0 radical (unpaired) electrons. The van der Waals surface area contributed by atoms with Crippen LogP contribution in [0.2, 0.25) is 0 Å². The van der Waals surface area contributed by atoms with Gasteiger partial charge in [0.15, 0.2) is 0 Å². The molecule has 114 valence electrons. The highest BCUT2D eigenvalue weighted by atomic mass is 16.3. The van der Waals surface area contributed by atoms with Gasteiger partial charge in [-0.05, 0) is 18.8 Å². The molecule has 0 bridgehead atoms. The maximum absolute atomic E-state index is 9.54. The minimum absolute atomic E-state index is 0.154. The predicted octanol–water partition coefficient (Wildman–Crippen LogP) is 5.87. The Kier molecular flexibility index (Phi) is 13.9. The van der Waals surface area contributed by atoms with Crippen LogP contribution < -0.4 is 0 Å². The van der Waals surface area contributed by atoms with Gasteiger partial charge in [0.25, 0.3) is 0 Å². The van der Waals surface area contributed by atoms with Crippen molar-refractivity contribution in [3.05, 3.63) is 12.7 Å². The molecule has 0 fully saturated rings. The molecule has 0 aromatic rings. The first-order valence-electron chi connectivity index (χ1n) is 8.45. The fourth-order valence-electron chi connectivity index (χ4n) is 2.48. The summed E-state index contributed by atoms with van der Waals surface area (Å²) >= 11 is 0. The molecule has 0 aromatic carbocycles. The standard InChI is InChI=1S/C18H36O/c1-4-14-18(19)16-13-11-9-7-5-6-8-10-12-15-17(2)3/h4,17-19H,1,5-16H2,2-3H3/t18-/m0/s1. The molecule has 0 aliphatic heterocycles. The first-order chi connectivity index (χ1) is 9.16. The minimum atomic E-state index is -0.154. The molecule has 19 heavy (non-hydrogen) atoms. The lowest BCUT2D eigenvalue weighted by atomic mass is 10.0. The molecule has 1 atom stereocenters. The monoisotopic (exact) mass is 268 g/mol. The minimum Gasteiger partial charge on any atom is -0.393 e. The normalized spacial score (nSPS) is 12.8. The van der Waals surface area contributed by atoms with Crippen molar-refractivity contribution in [2.45, 2.75) is 97.0 Å². The molecule has 0 saturated heterocycles. The van der Waals surface area contributed by atoms with Crippen molar-refractivity contribution < 1.29 is 5.11 Å². The van der Waals surface area contributed by atoms with E-state index in [0.29, 0.717) is 0 Å². The van der Waals surface area contributed by atoms with Crippen LogP contribution in [0.3, 0.4) is 0 Å². The summed E-state index contributed by atoms with van der Waals surface area (Å²) in [5.41, 5.74) is 0. The van der Waals surface area contributed by atoms with E-state index in [9.17, 15) is 5.11 Å². The van der Waals surface area contributed by atoms with Gasteiger partial charge in [-0.2, -0.15) is 0 Å². The zero-order valence-electron chi connectivity index (χ0n) is 13.4. The third kappa shape index (κ3) is 15.6. The molecule has 0 aliphatic carbocycles. The van der Waals surface area contributed by atoms with Crippen LogP contribution in [0.25, 0.3) is 0 Å². The quantitative estimate of drug-likeness (QED) is 0.308. The first kappa shape index (κ1) is 18.7. The van der Waals surface area contributed by atoms with Crippen molar-refractivity contribution >= 4 is 0 Å². The van der Waals surface area contributed by atoms with E-state index in [1.165, 1.54) is 64.2 Å².